The molecule has 1 aliphatic carbocycles. The van der Waals surface area contributed by atoms with Gasteiger partial charge in [-0.25, -0.2) is 0 Å². The van der Waals surface area contributed by atoms with E-state index in [0.29, 0.717) is 5.25 Å². The third-order valence-electron chi connectivity index (χ3n) is 5.09. The van der Waals surface area contributed by atoms with Crippen molar-refractivity contribution in [3.8, 4) is 0 Å². The van der Waals surface area contributed by atoms with E-state index in [4.69, 9.17) is 5.73 Å². The summed E-state index contributed by atoms with van der Waals surface area (Å²) in [4.78, 5) is 2.67. The van der Waals surface area contributed by atoms with Crippen molar-refractivity contribution in [2.75, 3.05) is 19.3 Å². The number of hydrogen-bond donors (Lipinski definition) is 1. The lowest BCUT2D eigenvalue weighted by atomic mass is 9.88. The van der Waals surface area contributed by atoms with Gasteiger partial charge >= 0.3 is 0 Å². The average molecular weight is 256 g/mol. The zero-order chi connectivity index (χ0) is 12.3. The van der Waals surface area contributed by atoms with E-state index < -0.39 is 0 Å². The maximum atomic E-state index is 6.15. The molecule has 100 valence electrons. The van der Waals surface area contributed by atoms with Crippen molar-refractivity contribution in [1.29, 1.82) is 0 Å². The molecule has 2 unspecified atom stereocenters. The van der Waals surface area contributed by atoms with Gasteiger partial charge in [0.05, 0.1) is 0 Å². The number of hydrogen-bond acceptors (Lipinski definition) is 3. The predicted molar refractivity (Wildman–Crippen MR) is 77.6 cm³/mol. The number of nitrogens with zero attached hydrogens (tertiary/aromatic N) is 1. The van der Waals surface area contributed by atoms with Crippen LogP contribution >= 0.6 is 11.8 Å². The van der Waals surface area contributed by atoms with Crippen LogP contribution < -0.4 is 5.73 Å². The van der Waals surface area contributed by atoms with Gasteiger partial charge in [0.25, 0.3) is 0 Å². The molecule has 0 spiro atoms. The van der Waals surface area contributed by atoms with Crippen LogP contribution in [-0.2, 0) is 0 Å². The van der Waals surface area contributed by atoms with Gasteiger partial charge in [0.15, 0.2) is 0 Å². The fourth-order valence-corrected chi connectivity index (χ4v) is 5.17. The summed E-state index contributed by atoms with van der Waals surface area (Å²) < 4.78 is 0. The van der Waals surface area contributed by atoms with Crippen LogP contribution in [-0.4, -0.2) is 41.1 Å². The SMILES string of the molecule is CC1SCCC1(CN)N(C)C1CCCCCC1. The third kappa shape index (κ3) is 2.66. The minimum Gasteiger partial charge on any atom is -0.329 e. The largest absolute Gasteiger partial charge is 0.329 e. The van der Waals surface area contributed by atoms with E-state index >= 15 is 0 Å². The highest BCUT2D eigenvalue weighted by Gasteiger charge is 2.45. The van der Waals surface area contributed by atoms with Crippen molar-refractivity contribution in [1.82, 2.24) is 4.90 Å². The highest BCUT2D eigenvalue weighted by molar-refractivity contribution is 8.00. The van der Waals surface area contributed by atoms with Crippen molar-refractivity contribution < 1.29 is 0 Å². The molecule has 0 aromatic heterocycles. The Hall–Kier alpha value is 0.270. The second-order valence-corrected chi connectivity index (χ2v) is 7.28. The van der Waals surface area contributed by atoms with Crippen LogP contribution in [0.15, 0.2) is 0 Å². The van der Waals surface area contributed by atoms with Gasteiger partial charge in [-0.2, -0.15) is 11.8 Å². The first kappa shape index (κ1) is 13.7. The molecule has 0 aromatic carbocycles. The molecule has 1 heterocycles. The van der Waals surface area contributed by atoms with Crippen LogP contribution in [0, 0.1) is 0 Å². The molecule has 1 aliphatic heterocycles. The lowest BCUT2D eigenvalue weighted by molar-refractivity contribution is 0.0719. The quantitative estimate of drug-likeness (QED) is 0.787. The van der Waals surface area contributed by atoms with E-state index in [1.807, 2.05) is 0 Å². The van der Waals surface area contributed by atoms with E-state index in [9.17, 15) is 0 Å². The molecule has 2 rings (SSSR count). The number of thioether (sulfide) groups is 1. The summed E-state index contributed by atoms with van der Waals surface area (Å²) >= 11 is 2.10. The van der Waals surface area contributed by atoms with Crippen molar-refractivity contribution in [2.24, 2.45) is 5.73 Å². The number of nitrogens with two attached hydrogens (primary N) is 1. The zero-order valence-corrected chi connectivity index (χ0v) is 12.3. The molecule has 1 saturated heterocycles. The first-order valence-electron chi connectivity index (χ1n) is 7.25. The molecule has 3 heteroatoms. The maximum absolute atomic E-state index is 6.15. The Morgan fingerprint density at radius 1 is 1.24 bits per heavy atom. The first-order chi connectivity index (χ1) is 8.20. The predicted octanol–water partition coefficient (Wildman–Crippen LogP) is 2.86. The van der Waals surface area contributed by atoms with Crippen molar-refractivity contribution >= 4 is 11.8 Å². The summed E-state index contributed by atoms with van der Waals surface area (Å²) in [7, 11) is 2.34. The normalized spacial score (nSPS) is 36.4. The molecule has 17 heavy (non-hydrogen) atoms. The summed E-state index contributed by atoms with van der Waals surface area (Å²) in [6.07, 6.45) is 9.75. The Balaban J connectivity index is 2.07. The number of likely N-dealkylation sites (N-methyl/N-ethyl adjacent to an activating group) is 1. The van der Waals surface area contributed by atoms with Crippen LogP contribution in [0.1, 0.15) is 51.9 Å². The fourth-order valence-electron chi connectivity index (χ4n) is 3.65. The Labute approximate surface area is 111 Å². The van der Waals surface area contributed by atoms with E-state index in [0.717, 1.165) is 12.6 Å². The molecule has 0 amide bonds. The average Bonchev–Trinajstić information content (AvgIpc) is 2.57. The van der Waals surface area contributed by atoms with Gasteiger partial charge in [-0.1, -0.05) is 32.6 Å². The van der Waals surface area contributed by atoms with Crippen molar-refractivity contribution in [2.45, 2.75) is 68.7 Å². The summed E-state index contributed by atoms with van der Waals surface area (Å²) in [5, 5.41) is 0.695. The molecule has 0 radical (unpaired) electrons. The first-order valence-corrected chi connectivity index (χ1v) is 8.30. The van der Waals surface area contributed by atoms with E-state index in [1.54, 1.807) is 0 Å². The van der Waals surface area contributed by atoms with Gasteiger partial charge in [0.1, 0.15) is 0 Å². The van der Waals surface area contributed by atoms with Gasteiger partial charge < -0.3 is 5.73 Å². The standard InChI is InChI=1S/C14H28N2S/c1-12-14(11-15,9-10-17-12)16(2)13-7-5-3-4-6-8-13/h12-13H,3-11,15H2,1-2H3. The molecular formula is C14H28N2S. The Morgan fingerprint density at radius 3 is 2.35 bits per heavy atom. The highest BCUT2D eigenvalue weighted by atomic mass is 32.2. The molecule has 0 bridgehead atoms. The molecule has 2 N–H and O–H groups in total. The summed E-state index contributed by atoms with van der Waals surface area (Å²) in [6.45, 7) is 3.20. The van der Waals surface area contributed by atoms with Crippen LogP contribution in [0.2, 0.25) is 0 Å². The second-order valence-electron chi connectivity index (χ2n) is 5.83. The molecule has 1 saturated carbocycles. The van der Waals surface area contributed by atoms with Gasteiger partial charge in [-0.3, -0.25) is 4.90 Å². The highest BCUT2D eigenvalue weighted by Crippen LogP contribution is 2.41. The van der Waals surface area contributed by atoms with Crippen LogP contribution in [0.25, 0.3) is 0 Å². The minimum absolute atomic E-state index is 0.277. The molecule has 2 atom stereocenters. The fraction of sp³-hybridized carbons (Fsp3) is 1.00. The topological polar surface area (TPSA) is 29.3 Å². The van der Waals surface area contributed by atoms with Crippen LogP contribution in [0.5, 0.6) is 0 Å². The third-order valence-corrected chi connectivity index (χ3v) is 6.47. The molecule has 2 aliphatic rings. The second kappa shape index (κ2) is 5.94. The Bertz CT molecular complexity index is 238. The smallest absolute Gasteiger partial charge is 0.0455 e. The Morgan fingerprint density at radius 2 is 1.88 bits per heavy atom. The molecule has 0 aromatic rings. The molecule has 2 fully saturated rings. The van der Waals surface area contributed by atoms with Gasteiger partial charge in [0, 0.05) is 23.4 Å². The van der Waals surface area contributed by atoms with Gasteiger partial charge in [0.2, 0.25) is 0 Å². The lowest BCUT2D eigenvalue weighted by Gasteiger charge is -2.45. The van der Waals surface area contributed by atoms with E-state index in [2.05, 4.69) is 30.6 Å². The summed E-state index contributed by atoms with van der Waals surface area (Å²) in [5.74, 6) is 1.29. The lowest BCUT2D eigenvalue weighted by Crippen LogP contribution is -2.59. The molecule has 2 nitrogen and oxygen atoms in total. The van der Waals surface area contributed by atoms with Crippen LogP contribution in [0.3, 0.4) is 0 Å². The zero-order valence-electron chi connectivity index (χ0n) is 11.5. The van der Waals surface area contributed by atoms with E-state index in [1.165, 1.54) is 50.7 Å². The molecular weight excluding hydrogens is 228 g/mol. The van der Waals surface area contributed by atoms with E-state index in [-0.39, 0.29) is 5.54 Å². The summed E-state index contributed by atoms with van der Waals surface area (Å²) in [5.41, 5.74) is 6.43. The summed E-state index contributed by atoms with van der Waals surface area (Å²) in [6, 6.07) is 0.780. The Kier molecular flexibility index (Phi) is 4.79. The number of rotatable bonds is 3. The van der Waals surface area contributed by atoms with Crippen LogP contribution in [0.4, 0.5) is 0 Å². The maximum Gasteiger partial charge on any atom is 0.0455 e. The monoisotopic (exact) mass is 256 g/mol. The van der Waals surface area contributed by atoms with Crippen molar-refractivity contribution in [3.05, 3.63) is 0 Å². The van der Waals surface area contributed by atoms with Crippen molar-refractivity contribution in [3.63, 3.8) is 0 Å². The minimum atomic E-state index is 0.277. The van der Waals surface area contributed by atoms with Gasteiger partial charge in [-0.05, 0) is 32.1 Å². The van der Waals surface area contributed by atoms with Gasteiger partial charge in [-0.15, -0.1) is 0 Å².